The van der Waals surface area contributed by atoms with Crippen LogP contribution < -0.4 is 24.8 Å². The summed E-state index contributed by atoms with van der Waals surface area (Å²) in [4.78, 5) is 35.4. The zero-order valence-electron chi connectivity index (χ0n) is 31.4. The van der Waals surface area contributed by atoms with Crippen molar-refractivity contribution in [1.29, 1.82) is 0 Å². The number of likely N-dealkylation sites (tertiary alicyclic amines) is 1. The van der Waals surface area contributed by atoms with E-state index in [9.17, 15) is 14.7 Å². The minimum Gasteiger partial charge on any atom is -0.481 e. The van der Waals surface area contributed by atoms with Gasteiger partial charge in [-0.25, -0.2) is 4.98 Å². The van der Waals surface area contributed by atoms with Crippen molar-refractivity contribution in [3.8, 4) is 40.0 Å². The second-order valence-corrected chi connectivity index (χ2v) is 15.9. The standard InChI is InChI=1S/C42H45Cl2N5O7/c1-53-38-24(18-45-19-26-10-14-36(50)46-26)9-12-34(47-38)31-8-4-7-30(37(31)44)27-5-3-6-29-28(27)11-13-35(29)56-40-33(43)17-25(39(48-40)54-2)20-49-21-32(41(51)52)42(22-49)15-16-55-23-42/h3-9,12,17,26,32,35,45H,10-11,13-16,18-23H2,1-2H3,(H,46,50)(H,51,52)/t26-,32?,35-,42?/m0/s1. The molecular formula is C42H45Cl2N5O7. The maximum absolute atomic E-state index is 12.1. The number of pyridine rings is 2. The van der Waals surface area contributed by atoms with E-state index in [1.165, 1.54) is 0 Å². The lowest BCUT2D eigenvalue weighted by atomic mass is 9.77. The molecular weight excluding hydrogens is 757 g/mol. The summed E-state index contributed by atoms with van der Waals surface area (Å²) in [6.07, 6.45) is 3.34. The third-order valence-electron chi connectivity index (χ3n) is 11.7. The molecule has 4 aromatic rings. The van der Waals surface area contributed by atoms with Crippen molar-refractivity contribution in [1.82, 2.24) is 25.5 Å². The zero-order chi connectivity index (χ0) is 39.0. The van der Waals surface area contributed by atoms with Gasteiger partial charge in [0.2, 0.25) is 23.5 Å². The number of aliphatic carboxylic acids is 1. The molecule has 8 rings (SSSR count). The molecule has 0 bridgehead atoms. The number of benzene rings is 2. The Morgan fingerprint density at radius 3 is 2.54 bits per heavy atom. The largest absolute Gasteiger partial charge is 0.481 e. The van der Waals surface area contributed by atoms with Crippen LogP contribution in [0.5, 0.6) is 17.6 Å². The molecule has 3 aliphatic heterocycles. The first-order chi connectivity index (χ1) is 27.2. The van der Waals surface area contributed by atoms with E-state index in [4.69, 9.17) is 52.1 Å². The number of rotatable bonds is 13. The first-order valence-corrected chi connectivity index (χ1v) is 19.8. The molecule has 294 valence electrons. The molecule has 56 heavy (non-hydrogen) atoms. The number of carboxylic acid groups (broad SMARTS) is 1. The number of nitrogens with zero attached hydrogens (tertiary/aromatic N) is 3. The molecule has 5 heterocycles. The lowest BCUT2D eigenvalue weighted by molar-refractivity contribution is -0.144. The molecule has 3 fully saturated rings. The monoisotopic (exact) mass is 801 g/mol. The van der Waals surface area contributed by atoms with E-state index in [0.29, 0.717) is 79.9 Å². The number of fused-ring (bicyclic) bond motifs is 1. The van der Waals surface area contributed by atoms with E-state index in [1.54, 1.807) is 14.2 Å². The SMILES string of the molecule is COc1nc(-c2cccc(-c3cccc4c3CC[C@@H]4Oc3nc(OC)c(CN4CC(C(=O)O)C5(CCOC5)C4)cc3Cl)c2Cl)ccc1CNC[C@@H]1CCC(=O)N1. The lowest BCUT2D eigenvalue weighted by Gasteiger charge is -2.25. The molecule has 2 aromatic heterocycles. The third-order valence-corrected chi connectivity index (χ3v) is 12.4. The van der Waals surface area contributed by atoms with Crippen LogP contribution in [0.25, 0.3) is 22.4 Å². The summed E-state index contributed by atoms with van der Waals surface area (Å²) in [5, 5.41) is 17.3. The van der Waals surface area contributed by atoms with Crippen LogP contribution in [0.3, 0.4) is 0 Å². The molecule has 2 unspecified atom stereocenters. The number of carbonyl (C=O) groups excluding carboxylic acids is 1. The molecule has 14 heteroatoms. The van der Waals surface area contributed by atoms with Crippen LogP contribution >= 0.6 is 23.2 Å². The Labute approximate surface area is 335 Å². The maximum atomic E-state index is 12.1. The molecule has 3 saturated heterocycles. The van der Waals surface area contributed by atoms with E-state index < -0.39 is 11.9 Å². The van der Waals surface area contributed by atoms with Crippen molar-refractivity contribution >= 4 is 35.1 Å². The molecule has 12 nitrogen and oxygen atoms in total. The molecule has 2 aromatic carbocycles. The summed E-state index contributed by atoms with van der Waals surface area (Å²) < 4.78 is 23.6. The van der Waals surface area contributed by atoms with E-state index in [-0.39, 0.29) is 29.3 Å². The summed E-state index contributed by atoms with van der Waals surface area (Å²) >= 11 is 14.0. The van der Waals surface area contributed by atoms with E-state index >= 15 is 0 Å². The lowest BCUT2D eigenvalue weighted by Crippen LogP contribution is -2.35. The van der Waals surface area contributed by atoms with E-state index in [0.717, 1.165) is 64.6 Å². The highest BCUT2D eigenvalue weighted by molar-refractivity contribution is 6.36. The summed E-state index contributed by atoms with van der Waals surface area (Å²) in [5.74, 6) is 0.00173. The number of aromatic nitrogens is 2. The van der Waals surface area contributed by atoms with Gasteiger partial charge < -0.3 is 34.7 Å². The third kappa shape index (κ3) is 7.53. The maximum Gasteiger partial charge on any atom is 0.308 e. The smallest absolute Gasteiger partial charge is 0.308 e. The van der Waals surface area contributed by atoms with Crippen LogP contribution in [-0.2, 0) is 33.8 Å². The van der Waals surface area contributed by atoms with Gasteiger partial charge in [0.05, 0.1) is 37.5 Å². The van der Waals surface area contributed by atoms with Crippen LogP contribution in [0.15, 0.2) is 54.6 Å². The Morgan fingerprint density at radius 1 is 1.00 bits per heavy atom. The van der Waals surface area contributed by atoms with Gasteiger partial charge in [-0.1, -0.05) is 65.7 Å². The fourth-order valence-electron chi connectivity index (χ4n) is 8.87. The molecule has 1 amide bonds. The number of carboxylic acids is 1. The van der Waals surface area contributed by atoms with Gasteiger partial charge in [-0.05, 0) is 54.5 Å². The molecule has 0 radical (unpaired) electrons. The van der Waals surface area contributed by atoms with Crippen molar-refractivity contribution in [2.75, 3.05) is 47.1 Å². The first kappa shape index (κ1) is 38.4. The van der Waals surface area contributed by atoms with Crippen LogP contribution in [0, 0.1) is 11.3 Å². The van der Waals surface area contributed by atoms with E-state index in [2.05, 4.69) is 27.7 Å². The average Bonchev–Trinajstić information content (AvgIpc) is 4.01. The number of hydrogen-bond acceptors (Lipinski definition) is 10. The Bertz CT molecular complexity index is 2140. The highest BCUT2D eigenvalue weighted by atomic mass is 35.5. The second-order valence-electron chi connectivity index (χ2n) is 15.2. The normalized spacial score (nSPS) is 23.1. The van der Waals surface area contributed by atoms with Gasteiger partial charge in [-0.3, -0.25) is 14.5 Å². The first-order valence-electron chi connectivity index (χ1n) is 19.0. The van der Waals surface area contributed by atoms with Crippen LogP contribution in [0.1, 0.15) is 54.0 Å². The summed E-state index contributed by atoms with van der Waals surface area (Å²) in [6.45, 7) is 3.75. The number of amides is 1. The van der Waals surface area contributed by atoms with Crippen LogP contribution in [0.2, 0.25) is 10.0 Å². The van der Waals surface area contributed by atoms with Crippen molar-refractivity contribution in [2.24, 2.45) is 11.3 Å². The predicted molar refractivity (Wildman–Crippen MR) is 211 cm³/mol. The Balaban J connectivity index is 0.987. The predicted octanol–water partition coefficient (Wildman–Crippen LogP) is 6.49. The highest BCUT2D eigenvalue weighted by Crippen LogP contribution is 2.46. The topological polar surface area (TPSA) is 144 Å². The Hall–Kier alpha value is -4.46. The fraction of sp³-hybridized carbons (Fsp3) is 0.429. The molecule has 4 atom stereocenters. The van der Waals surface area contributed by atoms with Gasteiger partial charge in [-0.15, -0.1) is 0 Å². The van der Waals surface area contributed by atoms with Gasteiger partial charge >= 0.3 is 5.97 Å². The number of halogens is 2. The van der Waals surface area contributed by atoms with Crippen LogP contribution in [-0.4, -0.2) is 85.0 Å². The van der Waals surface area contributed by atoms with Crippen molar-refractivity contribution in [3.05, 3.63) is 86.9 Å². The molecule has 1 aliphatic carbocycles. The molecule has 4 aliphatic rings. The number of ether oxygens (including phenoxy) is 4. The highest BCUT2D eigenvalue weighted by Gasteiger charge is 2.52. The summed E-state index contributed by atoms with van der Waals surface area (Å²) in [5.41, 5.74) is 6.89. The van der Waals surface area contributed by atoms with Crippen molar-refractivity contribution < 1.29 is 33.6 Å². The van der Waals surface area contributed by atoms with Crippen molar-refractivity contribution in [2.45, 2.75) is 57.3 Å². The molecule has 0 saturated carbocycles. The summed E-state index contributed by atoms with van der Waals surface area (Å²) in [7, 11) is 3.17. The average molecular weight is 803 g/mol. The second kappa shape index (κ2) is 16.2. The Kier molecular flexibility index (Phi) is 11.1. The molecule has 3 N–H and O–H groups in total. The minimum absolute atomic E-state index is 0.0978. The number of nitrogens with one attached hydrogen (secondary N) is 2. The van der Waals surface area contributed by atoms with Gasteiger partial charge in [0.15, 0.2) is 0 Å². The van der Waals surface area contributed by atoms with Gasteiger partial charge in [0.1, 0.15) is 11.1 Å². The van der Waals surface area contributed by atoms with Gasteiger partial charge in [0.25, 0.3) is 0 Å². The van der Waals surface area contributed by atoms with Crippen molar-refractivity contribution in [3.63, 3.8) is 0 Å². The minimum atomic E-state index is -0.791. The fourth-order valence-corrected chi connectivity index (χ4v) is 9.41. The summed E-state index contributed by atoms with van der Waals surface area (Å²) in [6, 6.07) is 18.0. The van der Waals surface area contributed by atoms with E-state index in [1.807, 2.05) is 42.5 Å². The van der Waals surface area contributed by atoms with Crippen LogP contribution in [0.4, 0.5) is 0 Å². The molecule has 1 spiro atoms. The number of hydrogen-bond donors (Lipinski definition) is 3. The number of methoxy groups -OCH3 is 2. The number of carbonyl (C=O) groups is 2. The Morgan fingerprint density at radius 2 is 1.79 bits per heavy atom. The zero-order valence-corrected chi connectivity index (χ0v) is 32.9. The quantitative estimate of drug-likeness (QED) is 0.137. The van der Waals surface area contributed by atoms with Gasteiger partial charge in [-0.2, -0.15) is 4.98 Å². The van der Waals surface area contributed by atoms with Gasteiger partial charge in [0, 0.05) is 79.5 Å².